The van der Waals surface area contributed by atoms with Crippen LogP contribution in [0, 0.1) is 17.7 Å². The molecule has 0 bridgehead atoms. The molecule has 0 aliphatic carbocycles. The third kappa shape index (κ3) is 4.88. The minimum Gasteiger partial charge on any atom is -0.493 e. The molecular formula is C24H28ClFN4O3. The van der Waals surface area contributed by atoms with E-state index in [2.05, 4.69) is 20.5 Å². The Kier molecular flexibility index (Phi) is 6.57. The number of benzene rings is 2. The van der Waals surface area contributed by atoms with Crippen molar-refractivity contribution in [2.75, 3.05) is 63.9 Å². The molecule has 33 heavy (non-hydrogen) atoms. The van der Waals surface area contributed by atoms with E-state index in [0.29, 0.717) is 48.1 Å². The van der Waals surface area contributed by atoms with Crippen LogP contribution in [0.4, 0.5) is 15.8 Å². The second kappa shape index (κ2) is 9.75. The molecule has 0 amide bonds. The van der Waals surface area contributed by atoms with Gasteiger partial charge in [0.05, 0.1) is 37.6 Å². The molecule has 2 aromatic carbocycles. The van der Waals surface area contributed by atoms with Crippen LogP contribution >= 0.6 is 11.6 Å². The van der Waals surface area contributed by atoms with Crippen LogP contribution in [-0.4, -0.2) is 64.0 Å². The van der Waals surface area contributed by atoms with E-state index in [1.807, 2.05) is 12.1 Å². The van der Waals surface area contributed by atoms with Crippen LogP contribution in [0.2, 0.25) is 5.02 Å². The Morgan fingerprint density at radius 1 is 1.21 bits per heavy atom. The maximum atomic E-state index is 13.5. The predicted octanol–water partition coefficient (Wildman–Crippen LogP) is 4.08. The maximum absolute atomic E-state index is 13.5. The average Bonchev–Trinajstić information content (AvgIpc) is 3.41. The van der Waals surface area contributed by atoms with Gasteiger partial charge in [-0.2, -0.15) is 0 Å². The number of halogens is 2. The molecule has 0 saturated carbocycles. The Balaban J connectivity index is 1.24. The number of amidine groups is 1. The van der Waals surface area contributed by atoms with Crippen molar-refractivity contribution < 1.29 is 18.6 Å². The first kappa shape index (κ1) is 22.3. The van der Waals surface area contributed by atoms with E-state index < -0.39 is 5.82 Å². The lowest BCUT2D eigenvalue weighted by Crippen LogP contribution is -2.25. The molecule has 2 N–H and O–H groups in total. The van der Waals surface area contributed by atoms with Gasteiger partial charge in [0.25, 0.3) is 0 Å². The predicted molar refractivity (Wildman–Crippen MR) is 127 cm³/mol. The summed E-state index contributed by atoms with van der Waals surface area (Å²) in [6.45, 7) is 6.07. The van der Waals surface area contributed by atoms with Gasteiger partial charge < -0.3 is 29.7 Å². The molecule has 0 aromatic heterocycles. The molecule has 2 fully saturated rings. The number of hydrogen-bond donors (Lipinski definition) is 2. The van der Waals surface area contributed by atoms with Crippen LogP contribution in [0.15, 0.2) is 35.3 Å². The van der Waals surface area contributed by atoms with Crippen molar-refractivity contribution >= 4 is 28.8 Å². The topological polar surface area (TPSA) is 67.3 Å². The van der Waals surface area contributed by atoms with E-state index in [4.69, 9.17) is 25.8 Å². The van der Waals surface area contributed by atoms with E-state index in [1.54, 1.807) is 19.2 Å². The summed E-state index contributed by atoms with van der Waals surface area (Å²) in [5.41, 5.74) is 2.40. The summed E-state index contributed by atoms with van der Waals surface area (Å²) in [5, 5.41) is 6.56. The highest BCUT2D eigenvalue weighted by Gasteiger charge is 2.36. The van der Waals surface area contributed by atoms with Crippen molar-refractivity contribution in [1.82, 2.24) is 4.90 Å². The largest absolute Gasteiger partial charge is 0.493 e. The molecule has 2 unspecified atom stereocenters. The zero-order chi connectivity index (χ0) is 22.8. The van der Waals surface area contributed by atoms with Crippen LogP contribution in [0.1, 0.15) is 12.0 Å². The summed E-state index contributed by atoms with van der Waals surface area (Å²) < 4.78 is 30.8. The number of nitrogens with one attached hydrogen (secondary N) is 2. The van der Waals surface area contributed by atoms with Gasteiger partial charge in [0.2, 0.25) is 0 Å². The quantitative estimate of drug-likeness (QED) is 0.589. The van der Waals surface area contributed by atoms with Gasteiger partial charge >= 0.3 is 0 Å². The third-order valence-electron chi connectivity index (χ3n) is 6.44. The molecule has 3 aliphatic heterocycles. The second-order valence-corrected chi connectivity index (χ2v) is 9.07. The molecule has 3 heterocycles. The molecule has 176 valence electrons. The van der Waals surface area contributed by atoms with Gasteiger partial charge in [-0.15, -0.1) is 0 Å². The standard InChI is InChI=1S/C24H28ClFN4O3/c1-31-22-9-21-18(24(28-14-27-21)29-17-3-4-20(26)19(25)7-17)8-23(22)33-6-2-5-30-10-15-12-32-13-16(15)11-30/h3-4,7-9,15-16,27H,2,5-6,10-14H2,1H3,(H,28,29). The number of aliphatic imine (C=N–C) groups is 1. The fourth-order valence-corrected chi connectivity index (χ4v) is 4.90. The van der Waals surface area contributed by atoms with Gasteiger partial charge in [-0.1, -0.05) is 11.6 Å². The van der Waals surface area contributed by atoms with E-state index in [0.717, 1.165) is 50.5 Å². The Morgan fingerprint density at radius 2 is 2.03 bits per heavy atom. The number of rotatable bonds is 7. The second-order valence-electron chi connectivity index (χ2n) is 8.66. The first-order valence-electron chi connectivity index (χ1n) is 11.3. The molecule has 2 atom stereocenters. The number of fused-ring (bicyclic) bond motifs is 2. The van der Waals surface area contributed by atoms with E-state index in [9.17, 15) is 4.39 Å². The van der Waals surface area contributed by atoms with Crippen molar-refractivity contribution in [2.24, 2.45) is 16.8 Å². The third-order valence-corrected chi connectivity index (χ3v) is 6.73. The zero-order valence-electron chi connectivity index (χ0n) is 18.6. The smallest absolute Gasteiger partial charge is 0.162 e. The van der Waals surface area contributed by atoms with E-state index in [-0.39, 0.29) is 5.02 Å². The van der Waals surface area contributed by atoms with Crippen molar-refractivity contribution in [3.8, 4) is 11.5 Å². The van der Waals surface area contributed by atoms with Crippen LogP contribution in [0.25, 0.3) is 0 Å². The highest BCUT2D eigenvalue weighted by Crippen LogP contribution is 2.36. The minimum atomic E-state index is -0.458. The first-order valence-corrected chi connectivity index (χ1v) is 11.6. The Bertz CT molecular complexity index is 1040. The highest BCUT2D eigenvalue weighted by atomic mass is 35.5. The molecular weight excluding hydrogens is 447 g/mol. The van der Waals surface area contributed by atoms with Gasteiger partial charge in [0.1, 0.15) is 18.3 Å². The van der Waals surface area contributed by atoms with Gasteiger partial charge in [0.15, 0.2) is 11.5 Å². The van der Waals surface area contributed by atoms with Crippen LogP contribution in [0.3, 0.4) is 0 Å². The number of methoxy groups -OCH3 is 1. The van der Waals surface area contributed by atoms with E-state index in [1.165, 1.54) is 6.07 Å². The zero-order valence-corrected chi connectivity index (χ0v) is 19.3. The molecule has 5 rings (SSSR count). The SMILES string of the molecule is COc1cc2c(cc1OCCCN1CC3COCC3C1)C(Nc1ccc(F)c(Cl)c1)=NCN2. The number of nitrogens with zero attached hydrogens (tertiary/aromatic N) is 2. The molecule has 0 radical (unpaired) electrons. The molecule has 7 nitrogen and oxygen atoms in total. The van der Waals surface area contributed by atoms with Crippen molar-refractivity contribution in [3.05, 3.63) is 46.7 Å². The number of hydrogen-bond acceptors (Lipinski definition) is 7. The number of likely N-dealkylation sites (tertiary alicyclic amines) is 1. The summed E-state index contributed by atoms with van der Waals surface area (Å²) in [7, 11) is 1.64. The monoisotopic (exact) mass is 474 g/mol. The van der Waals surface area contributed by atoms with Crippen LogP contribution in [0.5, 0.6) is 11.5 Å². The van der Waals surface area contributed by atoms with Crippen molar-refractivity contribution in [3.63, 3.8) is 0 Å². The fourth-order valence-electron chi connectivity index (χ4n) is 4.72. The summed E-state index contributed by atoms with van der Waals surface area (Å²) in [5.74, 6) is 2.92. The summed E-state index contributed by atoms with van der Waals surface area (Å²) >= 11 is 5.93. The van der Waals surface area contributed by atoms with Crippen molar-refractivity contribution in [2.45, 2.75) is 6.42 Å². The lowest BCUT2D eigenvalue weighted by Gasteiger charge is -2.22. The normalized spacial score (nSPS) is 21.7. The molecule has 9 heteroatoms. The highest BCUT2D eigenvalue weighted by molar-refractivity contribution is 6.31. The fraction of sp³-hybridized carbons (Fsp3) is 0.458. The van der Waals surface area contributed by atoms with Gasteiger partial charge in [-0.25, -0.2) is 9.38 Å². The summed E-state index contributed by atoms with van der Waals surface area (Å²) in [6, 6.07) is 8.34. The summed E-state index contributed by atoms with van der Waals surface area (Å²) in [4.78, 5) is 7.05. The average molecular weight is 475 g/mol. The Labute approximate surface area is 197 Å². The van der Waals surface area contributed by atoms with Gasteiger partial charge in [-0.3, -0.25) is 0 Å². The van der Waals surface area contributed by atoms with Crippen molar-refractivity contribution in [1.29, 1.82) is 0 Å². The van der Waals surface area contributed by atoms with E-state index >= 15 is 0 Å². The molecule has 2 aromatic rings. The van der Waals surface area contributed by atoms with Crippen LogP contribution in [-0.2, 0) is 4.74 Å². The lowest BCUT2D eigenvalue weighted by molar-refractivity contribution is 0.152. The first-order chi connectivity index (χ1) is 16.1. The summed E-state index contributed by atoms with van der Waals surface area (Å²) in [6.07, 6.45) is 0.937. The lowest BCUT2D eigenvalue weighted by atomic mass is 10.0. The maximum Gasteiger partial charge on any atom is 0.162 e. The molecule has 3 aliphatic rings. The Morgan fingerprint density at radius 3 is 2.79 bits per heavy atom. The van der Waals surface area contributed by atoms with Crippen LogP contribution < -0.4 is 20.1 Å². The Hall–Kier alpha value is -2.55. The van der Waals surface area contributed by atoms with Gasteiger partial charge in [-0.05, 0) is 30.7 Å². The number of ether oxygens (including phenoxy) is 3. The number of anilines is 2. The molecule has 2 saturated heterocycles. The molecule has 0 spiro atoms. The van der Waals surface area contributed by atoms with Gasteiger partial charge in [0, 0.05) is 48.8 Å². The minimum absolute atomic E-state index is 0.0580.